The maximum atomic E-state index is 6.08. The van der Waals surface area contributed by atoms with Gasteiger partial charge >= 0.3 is 0 Å². The lowest BCUT2D eigenvalue weighted by molar-refractivity contribution is -0.671. The molecule has 1 heterocycles. The van der Waals surface area contributed by atoms with Gasteiger partial charge in [-0.15, -0.1) is 0 Å². The van der Waals surface area contributed by atoms with E-state index in [-0.39, 0.29) is 0 Å². The molecule has 0 bridgehead atoms. The summed E-state index contributed by atoms with van der Waals surface area (Å²) >= 11 is 11.9. The fourth-order valence-corrected chi connectivity index (χ4v) is 1.92. The first-order valence-electron chi connectivity index (χ1n) is 5.23. The largest absolute Gasteiger partial charge is 0.208 e. The lowest BCUT2D eigenvalue weighted by Crippen LogP contribution is -2.25. The Morgan fingerprint density at radius 1 is 1.00 bits per heavy atom. The van der Waals surface area contributed by atoms with Crippen LogP contribution in [-0.4, -0.2) is 0 Å². The molecule has 0 aliphatic rings. The molecule has 2 aromatic rings. The molecular formula is C14H12Cl2N+. The van der Waals surface area contributed by atoms with Gasteiger partial charge in [0.2, 0.25) is 0 Å². The Bertz CT molecular complexity index is 545. The summed E-state index contributed by atoms with van der Waals surface area (Å²) < 4.78 is 1.99. The van der Waals surface area contributed by atoms with Crippen LogP contribution in [0, 0.1) is 0 Å². The van der Waals surface area contributed by atoms with Gasteiger partial charge in [0, 0.05) is 22.2 Å². The number of hydrogen-bond donors (Lipinski definition) is 0. The summed E-state index contributed by atoms with van der Waals surface area (Å²) in [6.07, 6.45) is 8.01. The number of rotatable bonds is 2. The molecule has 0 atom stereocenters. The summed E-state index contributed by atoms with van der Waals surface area (Å²) in [5, 5.41) is 1.31. The number of benzene rings is 1. The zero-order valence-electron chi connectivity index (χ0n) is 9.40. The summed E-state index contributed by atoms with van der Waals surface area (Å²) in [4.78, 5) is 0. The minimum atomic E-state index is 0.652. The Labute approximate surface area is 111 Å². The average molecular weight is 265 g/mol. The maximum absolute atomic E-state index is 6.08. The normalized spacial score (nSPS) is 11.0. The Balaban J connectivity index is 2.23. The van der Waals surface area contributed by atoms with Crippen molar-refractivity contribution >= 4 is 35.4 Å². The van der Waals surface area contributed by atoms with Crippen LogP contribution in [0.25, 0.3) is 12.2 Å². The monoisotopic (exact) mass is 264 g/mol. The maximum Gasteiger partial charge on any atom is 0.169 e. The molecule has 3 heteroatoms. The van der Waals surface area contributed by atoms with Crippen LogP contribution in [0.2, 0.25) is 10.0 Å². The van der Waals surface area contributed by atoms with E-state index in [2.05, 4.69) is 0 Å². The van der Waals surface area contributed by atoms with Crippen molar-refractivity contribution in [3.8, 4) is 0 Å². The first kappa shape index (κ1) is 12.2. The van der Waals surface area contributed by atoms with E-state index in [0.29, 0.717) is 10.0 Å². The van der Waals surface area contributed by atoms with Crippen LogP contribution in [0.5, 0.6) is 0 Å². The third kappa shape index (κ3) is 3.32. The Kier molecular flexibility index (Phi) is 3.82. The van der Waals surface area contributed by atoms with E-state index in [9.17, 15) is 0 Å². The highest BCUT2D eigenvalue weighted by molar-refractivity contribution is 6.35. The number of aryl methyl sites for hydroxylation is 1. The Morgan fingerprint density at radius 3 is 2.35 bits per heavy atom. The van der Waals surface area contributed by atoms with Gasteiger partial charge in [-0.05, 0) is 23.3 Å². The van der Waals surface area contributed by atoms with Crippen molar-refractivity contribution in [2.45, 2.75) is 0 Å². The predicted molar refractivity (Wildman–Crippen MR) is 73.0 cm³/mol. The summed E-state index contributed by atoms with van der Waals surface area (Å²) in [6, 6.07) is 9.57. The highest BCUT2D eigenvalue weighted by Gasteiger charge is 1.97. The lowest BCUT2D eigenvalue weighted by atomic mass is 10.1. The van der Waals surface area contributed by atoms with Crippen molar-refractivity contribution in [3.05, 3.63) is 63.9 Å². The summed E-state index contributed by atoms with van der Waals surface area (Å²) in [5.41, 5.74) is 2.10. The molecule has 0 aliphatic carbocycles. The van der Waals surface area contributed by atoms with Crippen LogP contribution < -0.4 is 4.57 Å². The molecular weight excluding hydrogens is 253 g/mol. The molecule has 0 saturated heterocycles. The first-order valence-corrected chi connectivity index (χ1v) is 5.99. The van der Waals surface area contributed by atoms with Gasteiger partial charge in [0.15, 0.2) is 12.4 Å². The lowest BCUT2D eigenvalue weighted by Gasteiger charge is -1.98. The summed E-state index contributed by atoms with van der Waals surface area (Å²) in [7, 11) is 1.99. The van der Waals surface area contributed by atoms with Crippen LogP contribution >= 0.6 is 23.2 Å². The molecule has 0 spiro atoms. The Hall–Kier alpha value is -1.31. The van der Waals surface area contributed by atoms with Gasteiger partial charge in [0.25, 0.3) is 0 Å². The van der Waals surface area contributed by atoms with Crippen LogP contribution in [0.1, 0.15) is 11.1 Å². The van der Waals surface area contributed by atoms with E-state index in [1.165, 1.54) is 0 Å². The third-order valence-electron chi connectivity index (χ3n) is 2.42. The SMILES string of the molecule is C[n+]1ccc(/C=C/c2ccc(Cl)cc2Cl)cc1. The molecule has 2 rings (SSSR count). The van der Waals surface area contributed by atoms with Crippen molar-refractivity contribution < 1.29 is 4.57 Å². The molecule has 0 amide bonds. The second-order valence-electron chi connectivity index (χ2n) is 3.80. The van der Waals surface area contributed by atoms with E-state index in [1.54, 1.807) is 6.07 Å². The minimum Gasteiger partial charge on any atom is -0.208 e. The van der Waals surface area contributed by atoms with Crippen molar-refractivity contribution in [1.29, 1.82) is 0 Å². The van der Waals surface area contributed by atoms with Crippen LogP contribution in [0.3, 0.4) is 0 Å². The number of pyridine rings is 1. The van der Waals surface area contributed by atoms with Crippen LogP contribution in [0.4, 0.5) is 0 Å². The van der Waals surface area contributed by atoms with Crippen molar-refractivity contribution in [3.63, 3.8) is 0 Å². The van der Waals surface area contributed by atoms with E-state index in [0.717, 1.165) is 11.1 Å². The van der Waals surface area contributed by atoms with Gasteiger partial charge in [-0.3, -0.25) is 0 Å². The summed E-state index contributed by atoms with van der Waals surface area (Å²) in [6.45, 7) is 0. The van der Waals surface area contributed by atoms with Crippen molar-refractivity contribution in [2.24, 2.45) is 7.05 Å². The number of halogens is 2. The molecule has 0 N–H and O–H groups in total. The molecule has 1 aromatic carbocycles. The smallest absolute Gasteiger partial charge is 0.169 e. The Morgan fingerprint density at radius 2 is 1.71 bits per heavy atom. The zero-order valence-corrected chi connectivity index (χ0v) is 10.9. The molecule has 0 radical (unpaired) electrons. The molecule has 0 saturated carbocycles. The van der Waals surface area contributed by atoms with Gasteiger partial charge in [-0.1, -0.05) is 41.4 Å². The molecule has 0 fully saturated rings. The van der Waals surface area contributed by atoms with Gasteiger partial charge in [0.1, 0.15) is 7.05 Å². The zero-order chi connectivity index (χ0) is 12.3. The number of hydrogen-bond acceptors (Lipinski definition) is 0. The van der Waals surface area contributed by atoms with Gasteiger partial charge < -0.3 is 0 Å². The van der Waals surface area contributed by atoms with E-state index < -0.39 is 0 Å². The van der Waals surface area contributed by atoms with Crippen LogP contribution in [0.15, 0.2) is 42.7 Å². The molecule has 0 unspecified atom stereocenters. The standard InChI is InChI=1S/C14H12Cl2N/c1-17-8-6-11(7-9-17)2-3-12-4-5-13(15)10-14(12)16/h2-10H,1H3/q+1/b3-2+. The molecule has 1 nitrogen and oxygen atoms in total. The molecule has 0 aliphatic heterocycles. The number of nitrogens with zero attached hydrogens (tertiary/aromatic N) is 1. The summed E-state index contributed by atoms with van der Waals surface area (Å²) in [5.74, 6) is 0. The van der Waals surface area contributed by atoms with Crippen molar-refractivity contribution in [1.82, 2.24) is 0 Å². The third-order valence-corrected chi connectivity index (χ3v) is 2.98. The quantitative estimate of drug-likeness (QED) is 0.723. The highest BCUT2D eigenvalue weighted by atomic mass is 35.5. The van der Waals surface area contributed by atoms with E-state index in [4.69, 9.17) is 23.2 Å². The molecule has 17 heavy (non-hydrogen) atoms. The van der Waals surface area contributed by atoms with Crippen LogP contribution in [-0.2, 0) is 7.05 Å². The fourth-order valence-electron chi connectivity index (χ4n) is 1.45. The second kappa shape index (κ2) is 5.35. The van der Waals surface area contributed by atoms with Gasteiger partial charge in [-0.25, -0.2) is 4.57 Å². The van der Waals surface area contributed by atoms with Gasteiger partial charge in [0.05, 0.1) is 0 Å². The first-order chi connectivity index (χ1) is 8.15. The highest BCUT2D eigenvalue weighted by Crippen LogP contribution is 2.22. The fraction of sp³-hybridized carbons (Fsp3) is 0.0714. The average Bonchev–Trinajstić information content (AvgIpc) is 2.30. The number of aromatic nitrogens is 1. The predicted octanol–water partition coefficient (Wildman–Crippen LogP) is 3.99. The topological polar surface area (TPSA) is 3.88 Å². The van der Waals surface area contributed by atoms with E-state index >= 15 is 0 Å². The van der Waals surface area contributed by atoms with Crippen molar-refractivity contribution in [2.75, 3.05) is 0 Å². The molecule has 1 aromatic heterocycles. The molecule has 86 valence electrons. The second-order valence-corrected chi connectivity index (χ2v) is 4.64. The van der Waals surface area contributed by atoms with E-state index in [1.807, 2.05) is 60.4 Å². The minimum absolute atomic E-state index is 0.652. The van der Waals surface area contributed by atoms with Gasteiger partial charge in [-0.2, -0.15) is 0 Å².